The molecule has 2 N–H and O–H groups in total. The maximum Gasteiger partial charge on any atom is 0.192 e. The normalized spacial score (nSPS) is 14.0. The summed E-state index contributed by atoms with van der Waals surface area (Å²) < 4.78 is 5.58. The first-order valence-electron chi connectivity index (χ1n) is 10.4. The lowest BCUT2D eigenvalue weighted by atomic mass is 10.1. The molecule has 1 aliphatic rings. The number of aryl methyl sites for hydroxylation is 1. The number of anilines is 1. The topological polar surface area (TPSA) is 87.3 Å². The van der Waals surface area contributed by atoms with Crippen LogP contribution in [0.2, 0.25) is 0 Å². The van der Waals surface area contributed by atoms with Crippen molar-refractivity contribution in [2.24, 2.45) is 0 Å². The van der Waals surface area contributed by atoms with Gasteiger partial charge in [-0.25, -0.2) is 15.0 Å². The molecule has 0 spiro atoms. The van der Waals surface area contributed by atoms with Gasteiger partial charge in [-0.05, 0) is 30.3 Å². The molecule has 30 heavy (non-hydrogen) atoms. The SMILES string of the molecule is CCC.Cc1nc2cc(O)c(-c3ccc4nc(N5CCNCC5)ccc4n3)cc2o1. The molecule has 156 valence electrons. The van der Waals surface area contributed by atoms with Crippen molar-refractivity contribution >= 4 is 28.0 Å². The standard InChI is InChI=1S/C20H19N5O2.C3H8/c1-12-22-17-11-18(26)13(10-19(17)27-12)14-2-3-16-15(23-14)4-5-20(24-16)25-8-6-21-7-9-25;1-3-2/h2-5,10-11,21,26H,6-9H2,1H3;3H2,1-2H3. The Morgan fingerprint density at radius 3 is 2.43 bits per heavy atom. The van der Waals surface area contributed by atoms with E-state index in [0.29, 0.717) is 28.2 Å². The molecule has 1 fully saturated rings. The third-order valence-electron chi connectivity index (χ3n) is 4.86. The van der Waals surface area contributed by atoms with Gasteiger partial charge in [0.15, 0.2) is 11.5 Å². The van der Waals surface area contributed by atoms with Crippen molar-refractivity contribution in [3.8, 4) is 17.0 Å². The fourth-order valence-electron chi connectivity index (χ4n) is 3.50. The van der Waals surface area contributed by atoms with Crippen LogP contribution in [0.1, 0.15) is 26.2 Å². The number of hydrogen-bond donors (Lipinski definition) is 2. The minimum atomic E-state index is 0.132. The second-order valence-corrected chi connectivity index (χ2v) is 7.42. The highest BCUT2D eigenvalue weighted by atomic mass is 16.3. The van der Waals surface area contributed by atoms with Crippen LogP contribution in [-0.4, -0.2) is 46.2 Å². The Kier molecular flexibility index (Phi) is 5.81. The molecule has 0 amide bonds. The van der Waals surface area contributed by atoms with Crippen molar-refractivity contribution < 1.29 is 9.52 Å². The number of aromatic hydroxyl groups is 1. The number of aromatic nitrogens is 3. The van der Waals surface area contributed by atoms with E-state index < -0.39 is 0 Å². The highest BCUT2D eigenvalue weighted by Gasteiger charge is 2.14. The lowest BCUT2D eigenvalue weighted by Gasteiger charge is -2.28. The quantitative estimate of drug-likeness (QED) is 0.515. The minimum Gasteiger partial charge on any atom is -0.507 e. The van der Waals surface area contributed by atoms with Crippen LogP contribution in [0.3, 0.4) is 0 Å². The van der Waals surface area contributed by atoms with Crippen LogP contribution in [0.4, 0.5) is 5.82 Å². The van der Waals surface area contributed by atoms with Gasteiger partial charge in [0.25, 0.3) is 0 Å². The molecule has 4 aromatic rings. The summed E-state index contributed by atoms with van der Waals surface area (Å²) >= 11 is 0. The maximum absolute atomic E-state index is 10.4. The number of phenolic OH excluding ortho intramolecular Hbond substituents is 1. The van der Waals surface area contributed by atoms with Gasteiger partial charge in [0.05, 0.1) is 16.7 Å². The summed E-state index contributed by atoms with van der Waals surface area (Å²) in [6, 6.07) is 11.2. The van der Waals surface area contributed by atoms with Gasteiger partial charge in [-0.3, -0.25) is 0 Å². The predicted molar refractivity (Wildman–Crippen MR) is 120 cm³/mol. The number of piperazine rings is 1. The number of rotatable bonds is 2. The number of oxazole rings is 1. The van der Waals surface area contributed by atoms with Crippen LogP contribution in [-0.2, 0) is 0 Å². The van der Waals surface area contributed by atoms with E-state index in [-0.39, 0.29) is 5.75 Å². The predicted octanol–water partition coefficient (Wildman–Crippen LogP) is 4.28. The fraction of sp³-hybridized carbons (Fsp3) is 0.348. The van der Waals surface area contributed by atoms with E-state index in [9.17, 15) is 5.11 Å². The molecule has 3 aromatic heterocycles. The first-order chi connectivity index (χ1) is 14.6. The van der Waals surface area contributed by atoms with E-state index in [1.54, 1.807) is 19.1 Å². The number of fused-ring (bicyclic) bond motifs is 2. The molecular formula is C23H27N5O2. The molecule has 7 nitrogen and oxygen atoms in total. The smallest absolute Gasteiger partial charge is 0.192 e. The summed E-state index contributed by atoms with van der Waals surface area (Å²) in [4.78, 5) is 16.0. The van der Waals surface area contributed by atoms with Crippen LogP contribution < -0.4 is 10.2 Å². The summed E-state index contributed by atoms with van der Waals surface area (Å²) in [7, 11) is 0. The van der Waals surface area contributed by atoms with Crippen molar-refractivity contribution in [1.29, 1.82) is 0 Å². The van der Waals surface area contributed by atoms with Crippen LogP contribution in [0.5, 0.6) is 5.75 Å². The number of benzene rings is 1. The van der Waals surface area contributed by atoms with E-state index in [2.05, 4.69) is 29.0 Å². The maximum atomic E-state index is 10.4. The van der Waals surface area contributed by atoms with Gasteiger partial charge in [-0.1, -0.05) is 20.3 Å². The summed E-state index contributed by atoms with van der Waals surface area (Å²) in [5.41, 5.74) is 4.19. The van der Waals surface area contributed by atoms with E-state index >= 15 is 0 Å². The molecule has 1 saturated heterocycles. The van der Waals surface area contributed by atoms with E-state index in [1.807, 2.05) is 24.3 Å². The summed E-state index contributed by atoms with van der Waals surface area (Å²) in [5, 5.41) is 13.8. The summed E-state index contributed by atoms with van der Waals surface area (Å²) in [6.45, 7) is 9.88. The molecule has 0 aliphatic carbocycles. The lowest BCUT2D eigenvalue weighted by molar-refractivity contribution is 0.477. The largest absolute Gasteiger partial charge is 0.507 e. The average molecular weight is 406 g/mol. The van der Waals surface area contributed by atoms with Crippen LogP contribution in [0.15, 0.2) is 40.8 Å². The van der Waals surface area contributed by atoms with Gasteiger partial charge >= 0.3 is 0 Å². The van der Waals surface area contributed by atoms with Crippen molar-refractivity contribution in [2.75, 3.05) is 31.1 Å². The summed E-state index contributed by atoms with van der Waals surface area (Å²) in [5.74, 6) is 1.67. The van der Waals surface area contributed by atoms with Gasteiger partial charge in [-0.2, -0.15) is 0 Å². The minimum absolute atomic E-state index is 0.132. The monoisotopic (exact) mass is 405 g/mol. The number of pyridine rings is 2. The highest BCUT2D eigenvalue weighted by molar-refractivity contribution is 5.86. The van der Waals surface area contributed by atoms with Crippen LogP contribution >= 0.6 is 0 Å². The van der Waals surface area contributed by atoms with Crippen molar-refractivity contribution in [2.45, 2.75) is 27.2 Å². The molecule has 4 heterocycles. The second-order valence-electron chi connectivity index (χ2n) is 7.42. The molecule has 0 bridgehead atoms. The molecule has 1 aliphatic heterocycles. The third-order valence-corrected chi connectivity index (χ3v) is 4.86. The number of nitrogens with one attached hydrogen (secondary N) is 1. The number of hydrogen-bond acceptors (Lipinski definition) is 7. The van der Waals surface area contributed by atoms with Gasteiger partial charge in [-0.15, -0.1) is 0 Å². The zero-order valence-electron chi connectivity index (χ0n) is 17.6. The zero-order chi connectivity index (χ0) is 21.1. The van der Waals surface area contributed by atoms with Crippen molar-refractivity contribution in [3.63, 3.8) is 0 Å². The Bertz CT molecular complexity index is 1170. The zero-order valence-corrected chi connectivity index (χ0v) is 17.6. The summed E-state index contributed by atoms with van der Waals surface area (Å²) in [6.07, 6.45) is 1.25. The number of nitrogens with zero attached hydrogens (tertiary/aromatic N) is 4. The third kappa shape index (κ3) is 4.07. The average Bonchev–Trinajstić information content (AvgIpc) is 3.12. The van der Waals surface area contributed by atoms with E-state index in [1.165, 1.54) is 6.42 Å². The molecule has 5 rings (SSSR count). The Labute approximate surface area is 175 Å². The van der Waals surface area contributed by atoms with E-state index in [4.69, 9.17) is 14.4 Å². The van der Waals surface area contributed by atoms with Crippen LogP contribution in [0.25, 0.3) is 33.4 Å². The van der Waals surface area contributed by atoms with Crippen molar-refractivity contribution in [1.82, 2.24) is 20.3 Å². The van der Waals surface area contributed by atoms with Crippen LogP contribution in [0, 0.1) is 6.92 Å². The second kappa shape index (κ2) is 8.67. The van der Waals surface area contributed by atoms with Gasteiger partial charge < -0.3 is 19.7 Å². The van der Waals surface area contributed by atoms with Gasteiger partial charge in [0.2, 0.25) is 0 Å². The van der Waals surface area contributed by atoms with E-state index in [0.717, 1.165) is 43.0 Å². The lowest BCUT2D eigenvalue weighted by Crippen LogP contribution is -2.43. The molecule has 1 aromatic carbocycles. The fourth-order valence-corrected chi connectivity index (χ4v) is 3.50. The Balaban J connectivity index is 0.000000687. The van der Waals surface area contributed by atoms with Gasteiger partial charge in [0, 0.05) is 44.7 Å². The Morgan fingerprint density at radius 2 is 1.67 bits per heavy atom. The first-order valence-corrected chi connectivity index (χ1v) is 10.4. The first kappa shape index (κ1) is 20.1. The molecule has 0 saturated carbocycles. The molecule has 7 heteroatoms. The van der Waals surface area contributed by atoms with Crippen molar-refractivity contribution in [3.05, 3.63) is 42.3 Å². The highest BCUT2D eigenvalue weighted by Crippen LogP contribution is 2.33. The molecule has 0 atom stereocenters. The number of phenols is 1. The molecule has 0 unspecified atom stereocenters. The Hall–Kier alpha value is -3.19. The molecule has 0 radical (unpaired) electrons. The molecular weight excluding hydrogens is 378 g/mol. The van der Waals surface area contributed by atoms with Gasteiger partial charge in [0.1, 0.15) is 17.1 Å². The Morgan fingerprint density at radius 1 is 0.967 bits per heavy atom.